The maximum absolute atomic E-state index is 12.5. The van der Waals surface area contributed by atoms with Gasteiger partial charge in [0.2, 0.25) is 0 Å². The summed E-state index contributed by atoms with van der Waals surface area (Å²) in [5.41, 5.74) is 1.12. The van der Waals surface area contributed by atoms with Crippen molar-refractivity contribution in [2.24, 2.45) is 0 Å². The largest absolute Gasteiger partial charge is 0.395 e. The lowest BCUT2D eigenvalue weighted by molar-refractivity contribution is 0.0707. The van der Waals surface area contributed by atoms with Crippen LogP contribution in [0.1, 0.15) is 15.9 Å². The highest BCUT2D eigenvalue weighted by atomic mass is 35.5. The van der Waals surface area contributed by atoms with Crippen molar-refractivity contribution >= 4 is 29.1 Å². The molecule has 0 atom stereocenters. The third-order valence-corrected chi connectivity index (χ3v) is 3.29. The number of hydrogen-bond donors (Lipinski definition) is 1. The Hall–Kier alpha value is -1.69. The Morgan fingerprint density at radius 2 is 1.90 bits per heavy atom. The molecule has 5 nitrogen and oxygen atoms in total. The van der Waals surface area contributed by atoms with Gasteiger partial charge >= 0.3 is 0 Å². The van der Waals surface area contributed by atoms with Crippen molar-refractivity contribution in [2.75, 3.05) is 13.2 Å². The first-order valence-electron chi connectivity index (χ1n) is 6.24. The molecule has 1 amide bonds. The number of carbonyl (C=O) groups is 1. The Morgan fingerprint density at radius 3 is 2.57 bits per heavy atom. The molecule has 1 aromatic carbocycles. The van der Waals surface area contributed by atoms with E-state index in [1.54, 1.807) is 0 Å². The number of aromatic nitrogens is 2. The molecule has 0 unspecified atom stereocenters. The summed E-state index contributed by atoms with van der Waals surface area (Å²) in [4.78, 5) is 14.0. The fourth-order valence-electron chi connectivity index (χ4n) is 1.85. The number of hydrogen-bond acceptors (Lipinski definition) is 4. The van der Waals surface area contributed by atoms with E-state index >= 15 is 0 Å². The van der Waals surface area contributed by atoms with Gasteiger partial charge in [-0.15, -0.1) is 10.2 Å². The second-order valence-corrected chi connectivity index (χ2v) is 5.05. The minimum Gasteiger partial charge on any atom is -0.395 e. The van der Waals surface area contributed by atoms with Crippen LogP contribution < -0.4 is 0 Å². The van der Waals surface area contributed by atoms with Crippen molar-refractivity contribution < 1.29 is 9.90 Å². The molecule has 1 heterocycles. The highest BCUT2D eigenvalue weighted by Crippen LogP contribution is 2.18. The van der Waals surface area contributed by atoms with E-state index in [0.717, 1.165) is 5.56 Å². The summed E-state index contributed by atoms with van der Waals surface area (Å²) in [5, 5.41) is 16.4. The summed E-state index contributed by atoms with van der Waals surface area (Å²) in [5.74, 6) is -0.352. The zero-order valence-electron chi connectivity index (χ0n) is 11.0. The molecule has 0 aliphatic carbocycles. The van der Waals surface area contributed by atoms with Crippen molar-refractivity contribution in [1.82, 2.24) is 15.1 Å². The fourth-order valence-corrected chi connectivity index (χ4v) is 2.17. The van der Waals surface area contributed by atoms with E-state index in [4.69, 9.17) is 28.3 Å². The predicted molar refractivity (Wildman–Crippen MR) is 80.3 cm³/mol. The van der Waals surface area contributed by atoms with Crippen LogP contribution >= 0.6 is 23.2 Å². The van der Waals surface area contributed by atoms with Crippen molar-refractivity contribution in [3.05, 3.63) is 57.8 Å². The second kappa shape index (κ2) is 7.36. The van der Waals surface area contributed by atoms with Crippen LogP contribution in [0.5, 0.6) is 0 Å². The maximum atomic E-state index is 12.5. The van der Waals surface area contributed by atoms with Crippen LogP contribution in [0.15, 0.2) is 36.4 Å². The molecule has 0 bridgehead atoms. The molecule has 0 radical (unpaired) electrons. The first kappa shape index (κ1) is 15.7. The highest BCUT2D eigenvalue weighted by molar-refractivity contribution is 6.34. The van der Waals surface area contributed by atoms with E-state index in [2.05, 4.69) is 10.2 Å². The predicted octanol–water partition coefficient (Wildman–Crippen LogP) is 2.42. The highest BCUT2D eigenvalue weighted by Gasteiger charge is 2.20. The smallest absolute Gasteiger partial charge is 0.257 e. The Balaban J connectivity index is 2.25. The number of aliphatic hydroxyl groups excluding tert-OH is 1. The first-order chi connectivity index (χ1) is 10.1. The van der Waals surface area contributed by atoms with Crippen LogP contribution in [0, 0.1) is 0 Å². The Morgan fingerprint density at radius 1 is 1.19 bits per heavy atom. The average molecular weight is 326 g/mol. The summed E-state index contributed by atoms with van der Waals surface area (Å²) in [6.45, 7) is 0.392. The minimum absolute atomic E-state index is 0.0135. The van der Waals surface area contributed by atoms with Crippen LogP contribution in [0.25, 0.3) is 0 Å². The standard InChI is InChI=1S/C14H13Cl2N3O2/c15-12-8-11(13(16)18-17-12)14(21)19(6-7-20)9-10-4-2-1-3-5-10/h1-5,8,20H,6-7,9H2. The third-order valence-electron chi connectivity index (χ3n) is 2.82. The second-order valence-electron chi connectivity index (χ2n) is 4.31. The van der Waals surface area contributed by atoms with Gasteiger partial charge in [0.25, 0.3) is 5.91 Å². The van der Waals surface area contributed by atoms with Crippen molar-refractivity contribution in [2.45, 2.75) is 6.54 Å². The topological polar surface area (TPSA) is 66.3 Å². The lowest BCUT2D eigenvalue weighted by atomic mass is 10.2. The molecule has 0 saturated heterocycles. The molecular weight excluding hydrogens is 313 g/mol. The van der Waals surface area contributed by atoms with E-state index in [1.165, 1.54) is 11.0 Å². The van der Waals surface area contributed by atoms with Gasteiger partial charge in [-0.1, -0.05) is 53.5 Å². The number of aliphatic hydroxyl groups is 1. The summed E-state index contributed by atoms with van der Waals surface area (Å²) in [6.07, 6.45) is 0. The monoisotopic (exact) mass is 325 g/mol. The molecule has 110 valence electrons. The number of benzene rings is 1. The van der Waals surface area contributed by atoms with Crippen LogP contribution in [-0.2, 0) is 6.54 Å². The quantitative estimate of drug-likeness (QED) is 0.916. The number of nitrogens with zero attached hydrogens (tertiary/aromatic N) is 3. The maximum Gasteiger partial charge on any atom is 0.257 e. The molecule has 0 spiro atoms. The summed E-state index contributed by atoms with van der Waals surface area (Å²) in [7, 11) is 0. The van der Waals surface area contributed by atoms with E-state index in [1.807, 2.05) is 30.3 Å². The van der Waals surface area contributed by atoms with Crippen LogP contribution in [0.3, 0.4) is 0 Å². The van der Waals surface area contributed by atoms with E-state index < -0.39 is 0 Å². The molecule has 0 aliphatic rings. The average Bonchev–Trinajstić information content (AvgIpc) is 2.49. The lowest BCUT2D eigenvalue weighted by Gasteiger charge is -2.22. The Bertz CT molecular complexity index is 623. The number of amides is 1. The molecule has 21 heavy (non-hydrogen) atoms. The zero-order valence-corrected chi connectivity index (χ0v) is 12.6. The molecule has 2 rings (SSSR count). The van der Waals surface area contributed by atoms with Gasteiger partial charge in [0, 0.05) is 13.1 Å². The van der Waals surface area contributed by atoms with Crippen molar-refractivity contribution in [3.8, 4) is 0 Å². The Kier molecular flexibility index (Phi) is 5.50. The molecule has 0 aliphatic heterocycles. The molecule has 1 N–H and O–H groups in total. The van der Waals surface area contributed by atoms with Crippen LogP contribution in [0.2, 0.25) is 10.3 Å². The summed E-state index contributed by atoms with van der Waals surface area (Å²) in [6, 6.07) is 10.8. The van der Waals surface area contributed by atoms with Gasteiger partial charge in [0.05, 0.1) is 12.2 Å². The molecule has 2 aromatic rings. The molecule has 1 aromatic heterocycles. The van der Waals surface area contributed by atoms with Gasteiger partial charge in [-0.25, -0.2) is 0 Å². The Labute approximate surface area is 132 Å². The number of halogens is 2. The van der Waals surface area contributed by atoms with E-state index in [0.29, 0.717) is 6.54 Å². The number of rotatable bonds is 5. The van der Waals surface area contributed by atoms with Crippen molar-refractivity contribution in [1.29, 1.82) is 0 Å². The van der Waals surface area contributed by atoms with Gasteiger partial charge in [-0.3, -0.25) is 4.79 Å². The van der Waals surface area contributed by atoms with Gasteiger partial charge in [-0.05, 0) is 11.6 Å². The fraction of sp³-hybridized carbons (Fsp3) is 0.214. The molecule has 0 saturated carbocycles. The van der Waals surface area contributed by atoms with Crippen molar-refractivity contribution in [3.63, 3.8) is 0 Å². The normalized spacial score (nSPS) is 10.4. The van der Waals surface area contributed by atoms with Gasteiger partial charge < -0.3 is 10.0 Å². The number of carbonyl (C=O) groups excluding carboxylic acids is 1. The molecule has 7 heteroatoms. The third kappa shape index (κ3) is 4.14. The van der Waals surface area contributed by atoms with Crippen LogP contribution in [0.4, 0.5) is 0 Å². The van der Waals surface area contributed by atoms with E-state index in [-0.39, 0.29) is 34.9 Å². The van der Waals surface area contributed by atoms with Gasteiger partial charge in [0.1, 0.15) is 0 Å². The SMILES string of the molecule is O=C(c1cc(Cl)nnc1Cl)N(CCO)Cc1ccccc1. The van der Waals surface area contributed by atoms with Crippen LogP contribution in [-0.4, -0.2) is 39.3 Å². The molecule has 0 fully saturated rings. The van der Waals surface area contributed by atoms with Gasteiger partial charge in [-0.2, -0.15) is 0 Å². The summed E-state index contributed by atoms with van der Waals surface area (Å²) >= 11 is 11.6. The minimum atomic E-state index is -0.352. The van der Waals surface area contributed by atoms with E-state index in [9.17, 15) is 4.79 Å². The summed E-state index contributed by atoms with van der Waals surface area (Å²) < 4.78 is 0. The lowest BCUT2D eigenvalue weighted by Crippen LogP contribution is -2.33. The zero-order chi connectivity index (χ0) is 15.2. The molecular formula is C14H13Cl2N3O2. The first-order valence-corrected chi connectivity index (χ1v) is 7.00. The van der Waals surface area contributed by atoms with Gasteiger partial charge in [0.15, 0.2) is 10.3 Å².